The number of aryl methyl sites for hydroxylation is 1. The molecule has 0 aliphatic heterocycles. The summed E-state index contributed by atoms with van der Waals surface area (Å²) in [5.74, 6) is 5.34. The molecule has 29 heavy (non-hydrogen) atoms. The van der Waals surface area contributed by atoms with Crippen molar-refractivity contribution in [3.05, 3.63) is 82.9 Å². The smallest absolute Gasteiger partial charge is 0.160 e. The highest BCUT2D eigenvalue weighted by Gasteiger charge is 2.20. The lowest BCUT2D eigenvalue weighted by Gasteiger charge is -2.27. The lowest BCUT2D eigenvalue weighted by Crippen LogP contribution is -2.11. The molecule has 0 bridgehead atoms. The van der Waals surface area contributed by atoms with Crippen LogP contribution in [-0.2, 0) is 6.42 Å². The highest BCUT2D eigenvalue weighted by molar-refractivity contribution is 5.37. The first-order chi connectivity index (χ1) is 14.2. The zero-order chi connectivity index (χ0) is 20.5. The normalized spacial score (nSPS) is 19.1. The molecule has 0 amide bonds. The monoisotopic (exact) mass is 392 g/mol. The molecule has 0 spiro atoms. The fourth-order valence-electron chi connectivity index (χ4n) is 4.06. The van der Waals surface area contributed by atoms with Crippen molar-refractivity contribution in [3.63, 3.8) is 0 Å². The summed E-state index contributed by atoms with van der Waals surface area (Å²) >= 11 is 0. The van der Waals surface area contributed by atoms with E-state index in [1.165, 1.54) is 68.6 Å². The second-order valence-electron chi connectivity index (χ2n) is 8.07. The van der Waals surface area contributed by atoms with Crippen LogP contribution in [0.4, 0.5) is 8.78 Å². The Balaban J connectivity index is 1.46. The van der Waals surface area contributed by atoms with Crippen LogP contribution < -0.4 is 0 Å². The minimum Gasteiger partial charge on any atom is -0.204 e. The molecule has 2 heteroatoms. The molecule has 0 nitrogen and oxygen atoms in total. The largest absolute Gasteiger partial charge is 0.204 e. The topological polar surface area (TPSA) is 0 Å². The third-order valence-corrected chi connectivity index (χ3v) is 5.88. The summed E-state index contributed by atoms with van der Waals surface area (Å²) in [4.78, 5) is 0. The van der Waals surface area contributed by atoms with Gasteiger partial charge in [0.05, 0.1) is 0 Å². The average Bonchev–Trinajstić information content (AvgIpc) is 2.75. The van der Waals surface area contributed by atoms with Crippen LogP contribution in [-0.4, -0.2) is 0 Å². The Morgan fingerprint density at radius 2 is 1.69 bits per heavy atom. The zero-order valence-electron chi connectivity index (χ0n) is 17.3. The van der Waals surface area contributed by atoms with Crippen LogP contribution in [0, 0.1) is 29.4 Å². The van der Waals surface area contributed by atoms with E-state index >= 15 is 0 Å². The van der Waals surface area contributed by atoms with Crippen molar-refractivity contribution in [2.24, 2.45) is 5.92 Å². The van der Waals surface area contributed by atoms with E-state index in [9.17, 15) is 8.78 Å². The van der Waals surface area contributed by atoms with Gasteiger partial charge in [-0.1, -0.05) is 61.9 Å². The summed E-state index contributed by atoms with van der Waals surface area (Å²) in [6, 6.07) is 13.0. The summed E-state index contributed by atoms with van der Waals surface area (Å²) in [7, 11) is 0. The van der Waals surface area contributed by atoms with Crippen LogP contribution in [0.25, 0.3) is 0 Å². The molecule has 1 aliphatic carbocycles. The minimum atomic E-state index is -0.854. The molecular weight excluding hydrogens is 362 g/mol. The standard InChI is InChI=1S/C27H30F2/c1-2-3-4-7-21-10-15-24(16-11-21)25-17-12-22(13-18-25)8-5-6-9-23-14-19-26(28)27(29)20-23/h5,8,10-11,14-16,19-20,22,25H,2-4,7,12-13,17-18H2,1H3/t22-,25-. The van der Waals surface area contributed by atoms with Gasteiger partial charge >= 0.3 is 0 Å². The van der Waals surface area contributed by atoms with E-state index in [1.807, 2.05) is 6.08 Å². The van der Waals surface area contributed by atoms with Crippen LogP contribution in [0.1, 0.15) is 74.5 Å². The third kappa shape index (κ3) is 6.57. The van der Waals surface area contributed by atoms with Crippen LogP contribution in [0.5, 0.6) is 0 Å². The summed E-state index contributed by atoms with van der Waals surface area (Å²) < 4.78 is 26.1. The zero-order valence-corrected chi connectivity index (χ0v) is 17.3. The molecular formula is C27H30F2. The highest BCUT2D eigenvalue weighted by atomic mass is 19.2. The molecule has 0 atom stereocenters. The molecule has 1 aliphatic rings. The van der Waals surface area contributed by atoms with Gasteiger partial charge in [-0.3, -0.25) is 0 Å². The van der Waals surface area contributed by atoms with Gasteiger partial charge in [0.25, 0.3) is 0 Å². The van der Waals surface area contributed by atoms with Gasteiger partial charge in [0, 0.05) is 5.56 Å². The Morgan fingerprint density at radius 3 is 2.38 bits per heavy atom. The van der Waals surface area contributed by atoms with Crippen molar-refractivity contribution in [1.29, 1.82) is 0 Å². The maximum Gasteiger partial charge on any atom is 0.160 e. The van der Waals surface area contributed by atoms with E-state index in [2.05, 4.69) is 49.1 Å². The van der Waals surface area contributed by atoms with Crippen molar-refractivity contribution >= 4 is 0 Å². The lowest BCUT2D eigenvalue weighted by atomic mass is 9.78. The second-order valence-corrected chi connectivity index (χ2v) is 8.07. The maximum absolute atomic E-state index is 13.2. The number of unbranched alkanes of at least 4 members (excludes halogenated alkanes) is 2. The van der Waals surface area contributed by atoms with E-state index in [1.54, 1.807) is 0 Å². The second kappa shape index (κ2) is 11.0. The van der Waals surface area contributed by atoms with Gasteiger partial charge in [-0.2, -0.15) is 0 Å². The molecule has 2 aromatic carbocycles. The number of hydrogen-bond acceptors (Lipinski definition) is 0. The molecule has 1 saturated carbocycles. The van der Waals surface area contributed by atoms with Crippen LogP contribution >= 0.6 is 0 Å². The summed E-state index contributed by atoms with van der Waals surface area (Å²) in [5, 5.41) is 0. The van der Waals surface area contributed by atoms with Gasteiger partial charge in [-0.05, 0) is 85.8 Å². The van der Waals surface area contributed by atoms with Gasteiger partial charge < -0.3 is 0 Å². The number of halogens is 2. The van der Waals surface area contributed by atoms with E-state index in [-0.39, 0.29) is 0 Å². The van der Waals surface area contributed by atoms with Crippen LogP contribution in [0.3, 0.4) is 0 Å². The van der Waals surface area contributed by atoms with Crippen molar-refractivity contribution in [1.82, 2.24) is 0 Å². The highest BCUT2D eigenvalue weighted by Crippen LogP contribution is 2.36. The predicted octanol–water partition coefficient (Wildman–Crippen LogP) is 7.58. The van der Waals surface area contributed by atoms with E-state index in [4.69, 9.17) is 0 Å². The Morgan fingerprint density at radius 1 is 0.931 bits per heavy atom. The van der Waals surface area contributed by atoms with Crippen molar-refractivity contribution in [2.75, 3.05) is 0 Å². The van der Waals surface area contributed by atoms with Crippen LogP contribution in [0.2, 0.25) is 0 Å². The van der Waals surface area contributed by atoms with Gasteiger partial charge in [0.1, 0.15) is 0 Å². The third-order valence-electron chi connectivity index (χ3n) is 5.88. The molecule has 2 aromatic rings. The maximum atomic E-state index is 13.2. The van der Waals surface area contributed by atoms with Crippen molar-refractivity contribution in [2.45, 2.75) is 64.2 Å². The summed E-state index contributed by atoms with van der Waals surface area (Å²) in [5.41, 5.74) is 3.43. The van der Waals surface area contributed by atoms with Crippen molar-refractivity contribution < 1.29 is 8.78 Å². The lowest BCUT2D eigenvalue weighted by molar-refractivity contribution is 0.376. The van der Waals surface area contributed by atoms with Crippen molar-refractivity contribution in [3.8, 4) is 11.8 Å². The number of allylic oxidation sites excluding steroid dienone is 2. The van der Waals surface area contributed by atoms with E-state index < -0.39 is 11.6 Å². The van der Waals surface area contributed by atoms with E-state index in [0.717, 1.165) is 12.1 Å². The molecule has 0 N–H and O–H groups in total. The molecule has 0 radical (unpaired) electrons. The summed E-state index contributed by atoms with van der Waals surface area (Å²) in [6.07, 6.45) is 13.8. The predicted molar refractivity (Wildman–Crippen MR) is 117 cm³/mol. The van der Waals surface area contributed by atoms with Gasteiger partial charge in [0.2, 0.25) is 0 Å². The molecule has 0 aromatic heterocycles. The molecule has 3 rings (SSSR count). The fraction of sp³-hybridized carbons (Fsp3) is 0.407. The van der Waals surface area contributed by atoms with Gasteiger partial charge in [-0.15, -0.1) is 0 Å². The Hall–Kier alpha value is -2.40. The molecule has 0 unspecified atom stereocenters. The quantitative estimate of drug-likeness (QED) is 0.351. The number of hydrogen-bond donors (Lipinski definition) is 0. The first-order valence-electron chi connectivity index (χ1n) is 10.9. The summed E-state index contributed by atoms with van der Waals surface area (Å²) in [6.45, 7) is 2.24. The first kappa shape index (κ1) is 21.3. The molecule has 1 fully saturated rings. The molecule has 0 saturated heterocycles. The van der Waals surface area contributed by atoms with E-state index in [0.29, 0.717) is 17.4 Å². The van der Waals surface area contributed by atoms with Crippen LogP contribution in [0.15, 0.2) is 54.6 Å². The Kier molecular flexibility index (Phi) is 8.05. The molecule has 152 valence electrons. The Labute approximate surface area is 174 Å². The average molecular weight is 393 g/mol. The number of rotatable bonds is 6. The fourth-order valence-corrected chi connectivity index (χ4v) is 4.06. The van der Waals surface area contributed by atoms with Gasteiger partial charge in [-0.25, -0.2) is 8.78 Å². The number of benzene rings is 2. The minimum absolute atomic E-state index is 0.496. The Bertz CT molecular complexity index is 860. The van der Waals surface area contributed by atoms with Gasteiger partial charge in [0.15, 0.2) is 11.6 Å². The SMILES string of the molecule is CCCCCc1ccc([C@H]2CC[C@H](C=CC#Cc3ccc(F)c(F)c3)CC2)cc1. The first-order valence-corrected chi connectivity index (χ1v) is 10.9. The molecule has 0 heterocycles.